The van der Waals surface area contributed by atoms with E-state index in [0.717, 1.165) is 31.5 Å². The average molecular weight is 306 g/mol. The summed E-state index contributed by atoms with van der Waals surface area (Å²) in [5, 5.41) is 3.29. The summed E-state index contributed by atoms with van der Waals surface area (Å²) in [5.74, 6) is 0.0381. The van der Waals surface area contributed by atoms with E-state index in [1.807, 2.05) is 11.8 Å². The summed E-state index contributed by atoms with van der Waals surface area (Å²) >= 11 is 0. The van der Waals surface area contributed by atoms with Crippen LogP contribution in [0.2, 0.25) is 0 Å². The van der Waals surface area contributed by atoms with E-state index < -0.39 is 0 Å². The van der Waals surface area contributed by atoms with Gasteiger partial charge in [-0.2, -0.15) is 0 Å². The van der Waals surface area contributed by atoms with Gasteiger partial charge in [0.05, 0.1) is 18.6 Å². The highest BCUT2D eigenvalue weighted by atomic mass is 19.1. The summed E-state index contributed by atoms with van der Waals surface area (Å²) in [6.45, 7) is 4.93. The van der Waals surface area contributed by atoms with Crippen molar-refractivity contribution in [2.24, 2.45) is 5.92 Å². The van der Waals surface area contributed by atoms with Gasteiger partial charge in [-0.15, -0.1) is 0 Å². The van der Waals surface area contributed by atoms with Gasteiger partial charge in [0.2, 0.25) is 5.91 Å². The summed E-state index contributed by atoms with van der Waals surface area (Å²) in [5.41, 5.74) is 0.924. The third-order valence-electron chi connectivity index (χ3n) is 4.46. The van der Waals surface area contributed by atoms with Crippen LogP contribution in [0.15, 0.2) is 24.3 Å². The molecule has 3 rings (SSSR count). The van der Waals surface area contributed by atoms with Gasteiger partial charge in [-0.05, 0) is 44.0 Å². The number of rotatable bonds is 2. The van der Waals surface area contributed by atoms with Crippen LogP contribution < -0.4 is 5.32 Å². The third kappa shape index (κ3) is 3.47. The molecular formula is C17H23FN2O2. The van der Waals surface area contributed by atoms with Gasteiger partial charge in [0.25, 0.3) is 0 Å². The van der Waals surface area contributed by atoms with E-state index >= 15 is 0 Å². The van der Waals surface area contributed by atoms with E-state index in [2.05, 4.69) is 5.32 Å². The van der Waals surface area contributed by atoms with Crippen molar-refractivity contribution < 1.29 is 13.9 Å². The lowest BCUT2D eigenvalue weighted by molar-refractivity contribution is -0.149. The highest BCUT2D eigenvalue weighted by Crippen LogP contribution is 2.27. The van der Waals surface area contributed by atoms with Gasteiger partial charge in [0.15, 0.2) is 0 Å². The summed E-state index contributed by atoms with van der Waals surface area (Å²) in [6, 6.07) is 6.36. The van der Waals surface area contributed by atoms with Crippen LogP contribution in [0.1, 0.15) is 31.4 Å². The number of hydrogen-bond acceptors (Lipinski definition) is 3. The van der Waals surface area contributed by atoms with Crippen molar-refractivity contribution in [1.82, 2.24) is 10.2 Å². The summed E-state index contributed by atoms with van der Waals surface area (Å²) < 4.78 is 19.0. The van der Waals surface area contributed by atoms with Crippen LogP contribution in [0.4, 0.5) is 4.39 Å². The van der Waals surface area contributed by atoms with Crippen LogP contribution in [0, 0.1) is 11.7 Å². The molecule has 1 N–H and O–H groups in total. The molecule has 1 amide bonds. The molecular weight excluding hydrogens is 283 g/mol. The van der Waals surface area contributed by atoms with Gasteiger partial charge in [0, 0.05) is 13.1 Å². The molecule has 0 spiro atoms. The Labute approximate surface area is 130 Å². The zero-order valence-electron chi connectivity index (χ0n) is 12.9. The molecule has 2 saturated heterocycles. The van der Waals surface area contributed by atoms with E-state index in [-0.39, 0.29) is 29.9 Å². The van der Waals surface area contributed by atoms with Crippen molar-refractivity contribution in [3.05, 3.63) is 35.6 Å². The minimum atomic E-state index is -0.256. The first-order valence-electron chi connectivity index (χ1n) is 8.04. The van der Waals surface area contributed by atoms with Crippen LogP contribution in [-0.2, 0) is 9.53 Å². The fourth-order valence-corrected chi connectivity index (χ4v) is 3.31. The number of ether oxygens (including phenoxy) is 1. The Bertz CT molecular complexity index is 514. The predicted octanol–water partition coefficient (Wildman–Crippen LogP) is 2.11. The van der Waals surface area contributed by atoms with Crippen molar-refractivity contribution in [1.29, 1.82) is 0 Å². The normalized spacial score (nSPS) is 29.4. The zero-order chi connectivity index (χ0) is 15.5. The number of carbonyl (C=O) groups is 1. The van der Waals surface area contributed by atoms with Crippen LogP contribution in [0.5, 0.6) is 0 Å². The van der Waals surface area contributed by atoms with Crippen LogP contribution in [-0.4, -0.2) is 43.1 Å². The van der Waals surface area contributed by atoms with Crippen molar-refractivity contribution in [2.45, 2.75) is 32.0 Å². The Morgan fingerprint density at radius 1 is 1.32 bits per heavy atom. The largest absolute Gasteiger partial charge is 0.367 e. The maximum Gasteiger partial charge on any atom is 0.227 e. The fraction of sp³-hybridized carbons (Fsp3) is 0.588. The fourth-order valence-electron chi connectivity index (χ4n) is 3.31. The molecule has 2 aliphatic heterocycles. The second-order valence-corrected chi connectivity index (χ2v) is 6.27. The van der Waals surface area contributed by atoms with Crippen molar-refractivity contribution in [2.75, 3.05) is 26.2 Å². The average Bonchev–Trinajstić information content (AvgIpc) is 2.55. The zero-order valence-corrected chi connectivity index (χ0v) is 12.9. The highest BCUT2D eigenvalue weighted by molar-refractivity contribution is 5.79. The smallest absolute Gasteiger partial charge is 0.227 e. The number of benzene rings is 1. The third-order valence-corrected chi connectivity index (χ3v) is 4.46. The number of halogens is 1. The second kappa shape index (κ2) is 6.75. The van der Waals surface area contributed by atoms with E-state index in [0.29, 0.717) is 13.1 Å². The summed E-state index contributed by atoms with van der Waals surface area (Å²) in [7, 11) is 0. The van der Waals surface area contributed by atoms with Gasteiger partial charge in [0.1, 0.15) is 11.9 Å². The minimum absolute atomic E-state index is 0.00990. The second-order valence-electron chi connectivity index (χ2n) is 6.27. The van der Waals surface area contributed by atoms with Crippen LogP contribution in [0.25, 0.3) is 0 Å². The molecule has 120 valence electrons. The Kier molecular flexibility index (Phi) is 4.74. The lowest BCUT2D eigenvalue weighted by Gasteiger charge is -2.39. The molecule has 3 atom stereocenters. The van der Waals surface area contributed by atoms with E-state index in [1.165, 1.54) is 12.1 Å². The van der Waals surface area contributed by atoms with Gasteiger partial charge in [-0.1, -0.05) is 12.1 Å². The molecule has 22 heavy (non-hydrogen) atoms. The molecule has 0 bridgehead atoms. The predicted molar refractivity (Wildman–Crippen MR) is 81.9 cm³/mol. The van der Waals surface area contributed by atoms with Crippen molar-refractivity contribution in [3.63, 3.8) is 0 Å². The minimum Gasteiger partial charge on any atom is -0.367 e. The highest BCUT2D eigenvalue weighted by Gasteiger charge is 2.33. The number of amides is 1. The molecule has 0 aromatic heterocycles. The maximum absolute atomic E-state index is 13.1. The molecule has 0 saturated carbocycles. The quantitative estimate of drug-likeness (QED) is 0.910. The first-order chi connectivity index (χ1) is 10.6. The number of nitrogens with one attached hydrogen (secondary N) is 1. The Hall–Kier alpha value is -1.46. The van der Waals surface area contributed by atoms with E-state index in [9.17, 15) is 9.18 Å². The Morgan fingerprint density at radius 3 is 2.77 bits per heavy atom. The molecule has 3 unspecified atom stereocenters. The molecule has 2 fully saturated rings. The molecule has 5 heteroatoms. The molecule has 0 aliphatic carbocycles. The Balaban J connectivity index is 1.70. The molecule has 4 nitrogen and oxygen atoms in total. The molecule has 1 aromatic rings. The van der Waals surface area contributed by atoms with Gasteiger partial charge in [-0.3, -0.25) is 4.79 Å². The summed E-state index contributed by atoms with van der Waals surface area (Å²) in [4.78, 5) is 14.6. The van der Waals surface area contributed by atoms with E-state index in [1.54, 1.807) is 12.1 Å². The van der Waals surface area contributed by atoms with E-state index in [4.69, 9.17) is 4.74 Å². The van der Waals surface area contributed by atoms with Crippen molar-refractivity contribution >= 4 is 5.91 Å². The number of carbonyl (C=O) groups excluding carboxylic acids is 1. The van der Waals surface area contributed by atoms with Gasteiger partial charge < -0.3 is 15.0 Å². The first kappa shape index (κ1) is 15.4. The maximum atomic E-state index is 13.1. The molecule has 2 aliphatic rings. The first-order valence-corrected chi connectivity index (χ1v) is 8.04. The number of nitrogens with zero attached hydrogens (tertiary/aromatic N) is 1. The lowest BCUT2D eigenvalue weighted by Crippen LogP contribution is -2.50. The number of morpholine rings is 1. The van der Waals surface area contributed by atoms with Gasteiger partial charge >= 0.3 is 0 Å². The van der Waals surface area contributed by atoms with Gasteiger partial charge in [-0.25, -0.2) is 4.39 Å². The number of piperidine rings is 1. The Morgan fingerprint density at radius 2 is 2.09 bits per heavy atom. The lowest BCUT2D eigenvalue weighted by atomic mass is 9.97. The molecule has 1 aromatic carbocycles. The standard InChI is InChI=1S/C17H23FN2O2/c1-12-10-20(17(21)14-3-2-8-19-9-14)11-16(22-12)13-4-6-15(18)7-5-13/h4-7,12,14,16,19H,2-3,8-11H2,1H3. The molecule has 0 radical (unpaired) electrons. The SMILES string of the molecule is CC1CN(C(=O)C2CCCNC2)CC(c2ccc(F)cc2)O1. The van der Waals surface area contributed by atoms with Crippen LogP contribution >= 0.6 is 0 Å². The summed E-state index contributed by atoms with van der Waals surface area (Å²) in [6.07, 6.45) is 1.82. The number of hydrogen-bond donors (Lipinski definition) is 1. The molecule has 2 heterocycles. The monoisotopic (exact) mass is 306 g/mol. The van der Waals surface area contributed by atoms with Crippen molar-refractivity contribution in [3.8, 4) is 0 Å². The topological polar surface area (TPSA) is 41.6 Å². The van der Waals surface area contributed by atoms with Crippen LogP contribution in [0.3, 0.4) is 0 Å².